The molecule has 0 saturated heterocycles. The van der Waals surface area contributed by atoms with Gasteiger partial charge in [0.2, 0.25) is 0 Å². The quantitative estimate of drug-likeness (QED) is 0.693. The summed E-state index contributed by atoms with van der Waals surface area (Å²) in [6.07, 6.45) is 3.34. The van der Waals surface area contributed by atoms with Gasteiger partial charge in [-0.25, -0.2) is 4.79 Å². The number of hydrogen-bond acceptors (Lipinski definition) is 3. The zero-order valence-corrected chi connectivity index (χ0v) is 10.6. The fourth-order valence-corrected chi connectivity index (χ4v) is 1.90. The molecule has 0 fully saturated rings. The molecule has 1 aromatic rings. The van der Waals surface area contributed by atoms with Gasteiger partial charge in [-0.1, -0.05) is 0 Å². The zero-order chi connectivity index (χ0) is 12.5. The Morgan fingerprint density at radius 2 is 2.24 bits per heavy atom. The van der Waals surface area contributed by atoms with E-state index in [9.17, 15) is 4.79 Å². The fourth-order valence-electron chi connectivity index (χ4n) is 1.90. The van der Waals surface area contributed by atoms with Crippen molar-refractivity contribution >= 4 is 11.8 Å². The smallest absolute Gasteiger partial charge is 0.414 e. The van der Waals surface area contributed by atoms with Gasteiger partial charge in [-0.2, -0.15) is 0 Å². The van der Waals surface area contributed by atoms with Crippen LogP contribution in [0.15, 0.2) is 18.3 Å². The topological polar surface area (TPSA) is 42.4 Å². The van der Waals surface area contributed by atoms with Gasteiger partial charge in [0, 0.05) is 12.7 Å². The van der Waals surface area contributed by atoms with Crippen LogP contribution in [0.5, 0.6) is 0 Å². The predicted molar refractivity (Wildman–Crippen MR) is 66.1 cm³/mol. The molecule has 2 heterocycles. The number of pyridine rings is 1. The number of carbonyl (C=O) groups is 1. The number of anilines is 1. The summed E-state index contributed by atoms with van der Waals surface area (Å²) in [5.41, 5.74) is 1.40. The minimum Gasteiger partial charge on any atom is -0.443 e. The van der Waals surface area contributed by atoms with Gasteiger partial charge in [-0.15, -0.1) is 0 Å². The summed E-state index contributed by atoms with van der Waals surface area (Å²) in [5.74, 6) is 0. The lowest BCUT2D eigenvalue weighted by Crippen LogP contribution is -2.40. The zero-order valence-electron chi connectivity index (χ0n) is 10.6. The molecular formula is C13H18N2O2. The highest BCUT2D eigenvalue weighted by Crippen LogP contribution is 2.26. The summed E-state index contributed by atoms with van der Waals surface area (Å²) in [7, 11) is 0. The van der Waals surface area contributed by atoms with Gasteiger partial charge < -0.3 is 4.74 Å². The maximum Gasteiger partial charge on any atom is 0.414 e. The van der Waals surface area contributed by atoms with E-state index < -0.39 is 5.60 Å². The summed E-state index contributed by atoms with van der Waals surface area (Å²) in [6, 6.07) is 3.77. The van der Waals surface area contributed by atoms with Gasteiger partial charge in [-0.05, 0) is 45.7 Å². The van der Waals surface area contributed by atoms with E-state index in [1.54, 1.807) is 11.1 Å². The minimum atomic E-state index is -0.461. The Morgan fingerprint density at radius 3 is 2.94 bits per heavy atom. The van der Waals surface area contributed by atoms with Crippen molar-refractivity contribution < 1.29 is 9.53 Å². The van der Waals surface area contributed by atoms with Crippen molar-refractivity contribution in [2.75, 3.05) is 11.4 Å². The van der Waals surface area contributed by atoms with Crippen LogP contribution in [-0.4, -0.2) is 23.2 Å². The highest BCUT2D eigenvalue weighted by atomic mass is 16.6. The third kappa shape index (κ3) is 2.75. The number of hydrogen-bond donors (Lipinski definition) is 0. The molecule has 0 saturated carbocycles. The fraction of sp³-hybridized carbons (Fsp3) is 0.538. The number of aryl methyl sites for hydroxylation is 1. The number of amides is 1. The molecule has 0 unspecified atom stereocenters. The van der Waals surface area contributed by atoms with Crippen molar-refractivity contribution in [1.82, 2.24) is 4.98 Å². The Kier molecular flexibility index (Phi) is 3.05. The molecule has 4 nitrogen and oxygen atoms in total. The maximum absolute atomic E-state index is 12.1. The van der Waals surface area contributed by atoms with Gasteiger partial charge in [0.15, 0.2) is 0 Å². The van der Waals surface area contributed by atoms with Crippen molar-refractivity contribution in [2.24, 2.45) is 0 Å². The van der Waals surface area contributed by atoms with Crippen molar-refractivity contribution in [3.8, 4) is 0 Å². The third-order valence-corrected chi connectivity index (χ3v) is 2.57. The summed E-state index contributed by atoms with van der Waals surface area (Å²) >= 11 is 0. The van der Waals surface area contributed by atoms with Crippen LogP contribution in [0.25, 0.3) is 0 Å². The van der Waals surface area contributed by atoms with Crippen molar-refractivity contribution in [3.05, 3.63) is 24.0 Å². The third-order valence-electron chi connectivity index (χ3n) is 2.57. The molecule has 4 heteroatoms. The maximum atomic E-state index is 12.1. The first-order chi connectivity index (χ1) is 7.97. The number of ether oxygens (including phenoxy) is 1. The average Bonchev–Trinajstić information content (AvgIpc) is 2.26. The molecule has 0 bridgehead atoms. The van der Waals surface area contributed by atoms with Crippen molar-refractivity contribution in [1.29, 1.82) is 0 Å². The first kappa shape index (κ1) is 11.9. The molecule has 2 rings (SSSR count). The molecular weight excluding hydrogens is 216 g/mol. The molecule has 17 heavy (non-hydrogen) atoms. The molecule has 1 aromatic heterocycles. The summed E-state index contributed by atoms with van der Waals surface area (Å²) in [6.45, 7) is 6.32. The standard InChI is InChI=1S/C13H18N2O2/c1-13(2,3)17-12(16)15-9-5-6-10-11(15)7-4-8-14-10/h4,7-8H,5-6,9H2,1-3H3. The Bertz CT molecular complexity index is 424. The van der Waals surface area contributed by atoms with Crippen LogP contribution >= 0.6 is 0 Å². The summed E-state index contributed by atoms with van der Waals surface area (Å²) in [5, 5.41) is 0. The highest BCUT2D eigenvalue weighted by Gasteiger charge is 2.27. The van der Waals surface area contributed by atoms with Crippen LogP contribution in [0.1, 0.15) is 32.9 Å². The van der Waals surface area contributed by atoms with Gasteiger partial charge in [0.1, 0.15) is 5.60 Å². The molecule has 0 radical (unpaired) electrons. The molecule has 1 aliphatic rings. The normalized spacial score (nSPS) is 15.4. The highest BCUT2D eigenvalue weighted by molar-refractivity contribution is 5.89. The van der Waals surface area contributed by atoms with Crippen LogP contribution in [-0.2, 0) is 11.2 Å². The lowest BCUT2D eigenvalue weighted by atomic mass is 10.1. The van der Waals surface area contributed by atoms with Gasteiger partial charge in [0.25, 0.3) is 0 Å². The van der Waals surface area contributed by atoms with E-state index in [1.807, 2.05) is 32.9 Å². The molecule has 1 aliphatic heterocycles. The molecule has 92 valence electrons. The van der Waals surface area contributed by atoms with E-state index in [4.69, 9.17) is 4.74 Å². The largest absolute Gasteiger partial charge is 0.443 e. The van der Waals surface area contributed by atoms with E-state index in [2.05, 4.69) is 4.98 Å². The lowest BCUT2D eigenvalue weighted by molar-refractivity contribution is 0.0577. The molecule has 0 spiro atoms. The van der Waals surface area contributed by atoms with E-state index in [0.717, 1.165) is 24.2 Å². The number of carbonyl (C=O) groups excluding carboxylic acids is 1. The summed E-state index contributed by atoms with van der Waals surface area (Å²) in [4.78, 5) is 18.0. The monoisotopic (exact) mass is 234 g/mol. The Labute approximate surface area is 102 Å². The van der Waals surface area contributed by atoms with E-state index in [0.29, 0.717) is 6.54 Å². The second-order valence-electron chi connectivity index (χ2n) is 5.20. The first-order valence-corrected chi connectivity index (χ1v) is 5.92. The number of fused-ring (bicyclic) bond motifs is 1. The van der Waals surface area contributed by atoms with Crippen LogP contribution < -0.4 is 4.90 Å². The van der Waals surface area contributed by atoms with Gasteiger partial charge in [0.05, 0.1) is 11.4 Å². The second-order valence-corrected chi connectivity index (χ2v) is 5.20. The van der Waals surface area contributed by atoms with Crippen molar-refractivity contribution in [2.45, 2.75) is 39.2 Å². The van der Waals surface area contributed by atoms with Crippen LogP contribution in [0.2, 0.25) is 0 Å². The molecule has 0 N–H and O–H groups in total. The van der Waals surface area contributed by atoms with E-state index in [-0.39, 0.29) is 6.09 Å². The number of nitrogens with zero attached hydrogens (tertiary/aromatic N) is 2. The Morgan fingerprint density at radius 1 is 1.47 bits per heavy atom. The van der Waals surface area contributed by atoms with Crippen LogP contribution in [0.4, 0.5) is 10.5 Å². The summed E-state index contributed by atoms with van der Waals surface area (Å²) < 4.78 is 5.39. The van der Waals surface area contributed by atoms with Crippen molar-refractivity contribution in [3.63, 3.8) is 0 Å². The number of rotatable bonds is 0. The van der Waals surface area contributed by atoms with Crippen LogP contribution in [0, 0.1) is 0 Å². The second kappa shape index (κ2) is 4.35. The average molecular weight is 234 g/mol. The molecule has 0 atom stereocenters. The lowest BCUT2D eigenvalue weighted by Gasteiger charge is -2.30. The van der Waals surface area contributed by atoms with E-state index >= 15 is 0 Å². The molecule has 0 aromatic carbocycles. The van der Waals surface area contributed by atoms with E-state index in [1.165, 1.54) is 0 Å². The molecule has 0 aliphatic carbocycles. The minimum absolute atomic E-state index is 0.286. The Hall–Kier alpha value is -1.58. The van der Waals surface area contributed by atoms with Crippen LogP contribution in [0.3, 0.4) is 0 Å². The Balaban J connectivity index is 2.21. The van der Waals surface area contributed by atoms with Gasteiger partial charge >= 0.3 is 6.09 Å². The first-order valence-electron chi connectivity index (χ1n) is 5.92. The predicted octanol–water partition coefficient (Wildman–Crippen LogP) is 2.77. The number of aromatic nitrogens is 1. The SMILES string of the molecule is CC(C)(C)OC(=O)N1CCCc2ncccc21. The van der Waals surface area contributed by atoms with Gasteiger partial charge in [-0.3, -0.25) is 9.88 Å². The molecule has 1 amide bonds.